The topological polar surface area (TPSA) is 78.9 Å². The molecule has 0 bridgehead atoms. The van der Waals surface area contributed by atoms with Crippen LogP contribution in [0.15, 0.2) is 18.2 Å². The van der Waals surface area contributed by atoms with Crippen LogP contribution in [0, 0.1) is 19.8 Å². The Balaban J connectivity index is 1.70. The number of carbonyl (C=O) groups is 2. The van der Waals surface area contributed by atoms with E-state index in [9.17, 15) is 9.59 Å². The maximum absolute atomic E-state index is 11.9. The molecule has 1 aliphatic heterocycles. The Hall–Kier alpha value is -2.08. The summed E-state index contributed by atoms with van der Waals surface area (Å²) >= 11 is 0. The number of aliphatic carboxylic acids is 1. The van der Waals surface area contributed by atoms with Gasteiger partial charge < -0.3 is 15.2 Å². The largest absolute Gasteiger partial charge is 0.483 e. The summed E-state index contributed by atoms with van der Waals surface area (Å²) in [5.41, 5.74) is 2.17. The predicted molar refractivity (Wildman–Crippen MR) is 86.4 cm³/mol. The minimum absolute atomic E-state index is 0.0180. The van der Waals surface area contributed by atoms with Crippen molar-refractivity contribution < 1.29 is 19.4 Å². The molecule has 1 aromatic rings. The van der Waals surface area contributed by atoms with E-state index < -0.39 is 5.97 Å². The lowest BCUT2D eigenvalue weighted by molar-refractivity contribution is -0.143. The Kier molecular flexibility index (Phi) is 5.98. The van der Waals surface area contributed by atoms with Gasteiger partial charge in [-0.25, -0.2) is 0 Å². The molecule has 1 fully saturated rings. The number of aryl methyl sites for hydroxylation is 1. The van der Waals surface area contributed by atoms with E-state index in [0.717, 1.165) is 16.9 Å². The third-order valence-corrected chi connectivity index (χ3v) is 4.35. The quantitative estimate of drug-likeness (QED) is 0.831. The third kappa shape index (κ3) is 4.96. The molecule has 2 N–H and O–H groups in total. The van der Waals surface area contributed by atoms with E-state index in [1.807, 2.05) is 32.0 Å². The zero-order valence-electron chi connectivity index (χ0n) is 13.7. The van der Waals surface area contributed by atoms with E-state index in [0.29, 0.717) is 32.6 Å². The number of amides is 1. The Bertz CT molecular complexity index is 566. The average molecular weight is 320 g/mol. The van der Waals surface area contributed by atoms with Crippen molar-refractivity contribution in [2.75, 3.05) is 26.4 Å². The number of benzene rings is 1. The molecule has 23 heavy (non-hydrogen) atoms. The number of ether oxygens (including phenoxy) is 1. The van der Waals surface area contributed by atoms with E-state index in [1.54, 1.807) is 0 Å². The van der Waals surface area contributed by atoms with Gasteiger partial charge in [-0.15, -0.1) is 0 Å². The molecule has 126 valence electrons. The van der Waals surface area contributed by atoms with E-state index in [4.69, 9.17) is 9.84 Å². The zero-order valence-corrected chi connectivity index (χ0v) is 13.7. The molecule has 0 radical (unpaired) electrons. The normalized spacial score (nSPS) is 16.1. The van der Waals surface area contributed by atoms with Crippen molar-refractivity contribution >= 4 is 11.9 Å². The molecule has 0 atom stereocenters. The van der Waals surface area contributed by atoms with Gasteiger partial charge in [-0.3, -0.25) is 14.5 Å². The van der Waals surface area contributed by atoms with Crippen LogP contribution in [0.2, 0.25) is 0 Å². The maximum Gasteiger partial charge on any atom is 0.306 e. The molecule has 6 nitrogen and oxygen atoms in total. The molecule has 0 aromatic heterocycles. The highest BCUT2D eigenvalue weighted by Crippen LogP contribution is 2.20. The van der Waals surface area contributed by atoms with Gasteiger partial charge in [-0.1, -0.05) is 12.1 Å². The van der Waals surface area contributed by atoms with E-state index >= 15 is 0 Å². The smallest absolute Gasteiger partial charge is 0.306 e. The van der Waals surface area contributed by atoms with Crippen LogP contribution in [0.25, 0.3) is 0 Å². The van der Waals surface area contributed by atoms with Crippen LogP contribution >= 0.6 is 0 Å². The van der Waals surface area contributed by atoms with Crippen LogP contribution in [0.3, 0.4) is 0 Å². The van der Waals surface area contributed by atoms with Gasteiger partial charge in [0.2, 0.25) is 0 Å². The molecular formula is C17H24N2O4. The Labute approximate surface area is 136 Å². The molecular weight excluding hydrogens is 296 g/mol. The SMILES string of the molecule is Cc1cccc(OCC(=O)NCN2CCC(C(=O)O)CC2)c1C. The molecule has 1 aromatic carbocycles. The first-order chi connectivity index (χ1) is 11.0. The van der Waals surface area contributed by atoms with Gasteiger partial charge >= 0.3 is 5.97 Å². The summed E-state index contributed by atoms with van der Waals surface area (Å²) in [6.07, 6.45) is 1.26. The third-order valence-electron chi connectivity index (χ3n) is 4.35. The Morgan fingerprint density at radius 3 is 2.65 bits per heavy atom. The first-order valence-corrected chi connectivity index (χ1v) is 7.88. The number of carboxylic acids is 1. The van der Waals surface area contributed by atoms with Crippen molar-refractivity contribution in [2.24, 2.45) is 5.92 Å². The van der Waals surface area contributed by atoms with Crippen molar-refractivity contribution in [1.82, 2.24) is 10.2 Å². The highest BCUT2D eigenvalue weighted by molar-refractivity contribution is 5.77. The van der Waals surface area contributed by atoms with Crippen LogP contribution < -0.4 is 10.1 Å². The van der Waals surface area contributed by atoms with Gasteiger partial charge in [-0.2, -0.15) is 0 Å². The van der Waals surface area contributed by atoms with E-state index in [-0.39, 0.29) is 18.4 Å². The summed E-state index contributed by atoms with van der Waals surface area (Å²) in [7, 11) is 0. The number of piperidine rings is 1. The molecule has 0 spiro atoms. The van der Waals surface area contributed by atoms with Gasteiger partial charge in [0.25, 0.3) is 5.91 Å². The molecule has 6 heteroatoms. The van der Waals surface area contributed by atoms with Gasteiger partial charge in [0.1, 0.15) is 5.75 Å². The monoisotopic (exact) mass is 320 g/mol. The number of nitrogens with zero attached hydrogens (tertiary/aromatic N) is 1. The summed E-state index contributed by atoms with van der Waals surface area (Å²) < 4.78 is 5.56. The summed E-state index contributed by atoms with van der Waals surface area (Å²) in [6.45, 7) is 5.76. The highest BCUT2D eigenvalue weighted by atomic mass is 16.5. The Morgan fingerprint density at radius 2 is 2.00 bits per heavy atom. The summed E-state index contributed by atoms with van der Waals surface area (Å²) in [4.78, 5) is 24.8. The van der Waals surface area contributed by atoms with Crippen LogP contribution in [0.1, 0.15) is 24.0 Å². The summed E-state index contributed by atoms with van der Waals surface area (Å²) in [5.74, 6) is -0.432. The van der Waals surface area contributed by atoms with Gasteiger partial charge in [0, 0.05) is 13.1 Å². The predicted octanol–water partition coefficient (Wildman–Crippen LogP) is 1.55. The molecule has 0 saturated carbocycles. The fraction of sp³-hybridized carbons (Fsp3) is 0.529. The molecule has 1 heterocycles. The van der Waals surface area contributed by atoms with Gasteiger partial charge in [0.15, 0.2) is 6.61 Å². The van der Waals surface area contributed by atoms with Crippen LogP contribution in [0.4, 0.5) is 0 Å². The average Bonchev–Trinajstić information content (AvgIpc) is 2.54. The second-order valence-corrected chi connectivity index (χ2v) is 5.98. The van der Waals surface area contributed by atoms with E-state index in [2.05, 4.69) is 10.2 Å². The number of rotatable bonds is 6. The van der Waals surface area contributed by atoms with Crippen molar-refractivity contribution in [3.05, 3.63) is 29.3 Å². The van der Waals surface area contributed by atoms with Gasteiger partial charge in [0.05, 0.1) is 12.6 Å². The fourth-order valence-electron chi connectivity index (χ4n) is 2.61. The lowest BCUT2D eigenvalue weighted by atomic mass is 9.97. The second-order valence-electron chi connectivity index (χ2n) is 5.98. The number of likely N-dealkylation sites (tertiary alicyclic amines) is 1. The lowest BCUT2D eigenvalue weighted by Crippen LogP contribution is -2.44. The second kappa shape index (κ2) is 7.97. The molecule has 2 rings (SSSR count). The number of nitrogens with one attached hydrogen (secondary N) is 1. The summed E-state index contributed by atoms with van der Waals surface area (Å²) in [5, 5.41) is 11.8. The van der Waals surface area contributed by atoms with Crippen LogP contribution in [-0.2, 0) is 9.59 Å². The van der Waals surface area contributed by atoms with Crippen LogP contribution in [0.5, 0.6) is 5.75 Å². The Morgan fingerprint density at radius 1 is 1.30 bits per heavy atom. The maximum atomic E-state index is 11.9. The minimum atomic E-state index is -0.726. The van der Waals surface area contributed by atoms with Crippen molar-refractivity contribution in [3.8, 4) is 5.75 Å². The molecule has 1 amide bonds. The fourth-order valence-corrected chi connectivity index (χ4v) is 2.61. The van der Waals surface area contributed by atoms with Crippen molar-refractivity contribution in [1.29, 1.82) is 0 Å². The lowest BCUT2D eigenvalue weighted by Gasteiger charge is -2.29. The number of carboxylic acid groups (broad SMARTS) is 1. The molecule has 1 saturated heterocycles. The molecule has 0 aliphatic carbocycles. The first-order valence-electron chi connectivity index (χ1n) is 7.88. The number of hydrogen-bond acceptors (Lipinski definition) is 4. The molecule has 0 unspecified atom stereocenters. The first kappa shape index (κ1) is 17.3. The van der Waals surface area contributed by atoms with Gasteiger partial charge in [-0.05, 0) is 43.9 Å². The van der Waals surface area contributed by atoms with E-state index in [1.165, 1.54) is 0 Å². The molecule has 1 aliphatic rings. The zero-order chi connectivity index (χ0) is 16.8. The van der Waals surface area contributed by atoms with Crippen LogP contribution in [-0.4, -0.2) is 48.2 Å². The number of carbonyl (C=O) groups excluding carboxylic acids is 1. The number of hydrogen-bond donors (Lipinski definition) is 2. The van der Waals surface area contributed by atoms with Crippen molar-refractivity contribution in [3.63, 3.8) is 0 Å². The minimum Gasteiger partial charge on any atom is -0.483 e. The summed E-state index contributed by atoms with van der Waals surface area (Å²) in [6, 6.07) is 5.76. The highest BCUT2D eigenvalue weighted by Gasteiger charge is 2.24. The van der Waals surface area contributed by atoms with Crippen molar-refractivity contribution in [2.45, 2.75) is 26.7 Å². The standard InChI is InChI=1S/C17H24N2O4/c1-12-4-3-5-15(13(12)2)23-10-16(20)18-11-19-8-6-14(7-9-19)17(21)22/h3-5,14H,6-11H2,1-2H3,(H,18,20)(H,21,22).